The summed E-state index contributed by atoms with van der Waals surface area (Å²) in [6, 6.07) is -0.00250. The summed E-state index contributed by atoms with van der Waals surface area (Å²) in [6.07, 6.45) is 3.49. The molecule has 1 aromatic heterocycles. The van der Waals surface area contributed by atoms with Gasteiger partial charge in [0.2, 0.25) is 5.89 Å². The Balaban J connectivity index is 1.71. The third kappa shape index (κ3) is 5.82. The van der Waals surface area contributed by atoms with Crippen molar-refractivity contribution in [1.29, 1.82) is 0 Å². The minimum absolute atomic E-state index is 0.00250. The topological polar surface area (TPSA) is 80.5 Å². The van der Waals surface area contributed by atoms with Gasteiger partial charge in [0, 0.05) is 32.5 Å². The van der Waals surface area contributed by atoms with Crippen LogP contribution in [0.25, 0.3) is 0 Å². The Hall–Kier alpha value is -1.63. The maximum atomic E-state index is 11.9. The van der Waals surface area contributed by atoms with E-state index in [2.05, 4.69) is 29.3 Å². The molecule has 2 amide bonds. The van der Waals surface area contributed by atoms with E-state index in [-0.39, 0.29) is 12.1 Å². The average Bonchev–Trinajstić information content (AvgIpc) is 2.94. The first kappa shape index (κ1) is 17.7. The lowest BCUT2D eigenvalue weighted by molar-refractivity contribution is 0.0106. The molecule has 0 bridgehead atoms. The van der Waals surface area contributed by atoms with Crippen LogP contribution < -0.4 is 5.32 Å². The van der Waals surface area contributed by atoms with Gasteiger partial charge in [-0.2, -0.15) is 4.98 Å². The SMILES string of the molecule is CCNC(=O)N1CCCC(OCCc2noc(CC(C)C)n2)C1. The zero-order valence-electron chi connectivity index (χ0n) is 14.4. The first-order chi connectivity index (χ1) is 11.1. The predicted octanol–water partition coefficient (Wildman–Crippen LogP) is 2.02. The zero-order valence-corrected chi connectivity index (χ0v) is 14.4. The van der Waals surface area contributed by atoms with Gasteiger partial charge in [-0.15, -0.1) is 0 Å². The highest BCUT2D eigenvalue weighted by Gasteiger charge is 2.23. The third-order valence-corrected chi connectivity index (χ3v) is 3.77. The molecule has 2 heterocycles. The van der Waals surface area contributed by atoms with Gasteiger partial charge in [0.1, 0.15) is 0 Å². The summed E-state index contributed by atoms with van der Waals surface area (Å²) in [4.78, 5) is 18.1. The van der Waals surface area contributed by atoms with Gasteiger partial charge in [-0.05, 0) is 25.7 Å². The Kier molecular flexibility index (Phi) is 6.83. The van der Waals surface area contributed by atoms with E-state index in [1.807, 2.05) is 11.8 Å². The molecule has 0 spiro atoms. The highest BCUT2D eigenvalue weighted by molar-refractivity contribution is 5.74. The molecular formula is C16H28N4O3. The summed E-state index contributed by atoms with van der Waals surface area (Å²) < 4.78 is 11.1. The van der Waals surface area contributed by atoms with Gasteiger partial charge < -0.3 is 19.5 Å². The number of carbonyl (C=O) groups excluding carboxylic acids is 1. The summed E-state index contributed by atoms with van der Waals surface area (Å²) in [7, 11) is 0. The van der Waals surface area contributed by atoms with Crippen molar-refractivity contribution in [3.63, 3.8) is 0 Å². The quantitative estimate of drug-likeness (QED) is 0.830. The largest absolute Gasteiger partial charge is 0.376 e. The van der Waals surface area contributed by atoms with Crippen LogP contribution in [0.4, 0.5) is 4.79 Å². The van der Waals surface area contributed by atoms with Crippen LogP contribution in [-0.4, -0.2) is 53.4 Å². The summed E-state index contributed by atoms with van der Waals surface area (Å²) in [5.74, 6) is 1.88. The summed E-state index contributed by atoms with van der Waals surface area (Å²) in [5.41, 5.74) is 0. The first-order valence-corrected chi connectivity index (χ1v) is 8.54. The van der Waals surface area contributed by atoms with Crippen molar-refractivity contribution in [3.05, 3.63) is 11.7 Å². The van der Waals surface area contributed by atoms with Crippen molar-refractivity contribution in [1.82, 2.24) is 20.4 Å². The van der Waals surface area contributed by atoms with Crippen LogP contribution in [-0.2, 0) is 17.6 Å². The van der Waals surface area contributed by atoms with E-state index in [9.17, 15) is 4.79 Å². The molecule has 0 radical (unpaired) electrons. The number of rotatable bonds is 7. The van der Waals surface area contributed by atoms with E-state index in [1.54, 1.807) is 0 Å². The molecule has 1 aromatic rings. The van der Waals surface area contributed by atoms with E-state index in [1.165, 1.54) is 0 Å². The molecule has 7 nitrogen and oxygen atoms in total. The van der Waals surface area contributed by atoms with Crippen LogP contribution in [0.3, 0.4) is 0 Å². The zero-order chi connectivity index (χ0) is 16.7. The minimum atomic E-state index is -0.00250. The monoisotopic (exact) mass is 324 g/mol. The minimum Gasteiger partial charge on any atom is -0.376 e. The summed E-state index contributed by atoms with van der Waals surface area (Å²) in [5, 5.41) is 6.81. The molecule has 23 heavy (non-hydrogen) atoms. The Morgan fingerprint density at radius 3 is 3.09 bits per heavy atom. The van der Waals surface area contributed by atoms with Crippen LogP contribution in [0, 0.1) is 5.92 Å². The molecule has 7 heteroatoms. The molecule has 2 rings (SSSR count). The van der Waals surface area contributed by atoms with Gasteiger partial charge in [0.05, 0.1) is 12.7 Å². The van der Waals surface area contributed by atoms with Crippen LogP contribution in [0.2, 0.25) is 0 Å². The highest BCUT2D eigenvalue weighted by Crippen LogP contribution is 2.14. The number of hydrogen-bond acceptors (Lipinski definition) is 5. The molecule has 0 aromatic carbocycles. The Labute approximate surface area is 137 Å². The van der Waals surface area contributed by atoms with E-state index in [4.69, 9.17) is 9.26 Å². The normalized spacial score (nSPS) is 18.4. The second-order valence-corrected chi connectivity index (χ2v) is 6.37. The van der Waals surface area contributed by atoms with Crippen molar-refractivity contribution in [2.45, 2.75) is 52.6 Å². The van der Waals surface area contributed by atoms with Crippen LogP contribution >= 0.6 is 0 Å². The molecule has 1 unspecified atom stereocenters. The third-order valence-electron chi connectivity index (χ3n) is 3.77. The van der Waals surface area contributed by atoms with Crippen molar-refractivity contribution in [3.8, 4) is 0 Å². The maximum Gasteiger partial charge on any atom is 0.317 e. The average molecular weight is 324 g/mol. The number of urea groups is 1. The van der Waals surface area contributed by atoms with Gasteiger partial charge in [-0.25, -0.2) is 4.79 Å². The molecule has 1 atom stereocenters. The van der Waals surface area contributed by atoms with E-state index in [0.717, 1.165) is 25.8 Å². The number of nitrogens with one attached hydrogen (secondary N) is 1. The fraction of sp³-hybridized carbons (Fsp3) is 0.812. The van der Waals surface area contributed by atoms with Gasteiger partial charge in [-0.3, -0.25) is 0 Å². The number of likely N-dealkylation sites (tertiary alicyclic amines) is 1. The van der Waals surface area contributed by atoms with Gasteiger partial charge in [-0.1, -0.05) is 19.0 Å². The fourth-order valence-corrected chi connectivity index (χ4v) is 2.66. The lowest BCUT2D eigenvalue weighted by atomic mass is 10.1. The molecule has 1 fully saturated rings. The number of nitrogens with zero attached hydrogens (tertiary/aromatic N) is 3. The number of aromatic nitrogens is 2. The maximum absolute atomic E-state index is 11.9. The molecule has 1 aliphatic rings. The first-order valence-electron chi connectivity index (χ1n) is 8.54. The second-order valence-electron chi connectivity index (χ2n) is 6.37. The number of carbonyl (C=O) groups is 1. The summed E-state index contributed by atoms with van der Waals surface area (Å²) in [6.45, 7) is 8.82. The lowest BCUT2D eigenvalue weighted by Gasteiger charge is -2.32. The standard InChI is InChI=1S/C16H28N4O3/c1-4-17-16(21)20-8-5-6-13(11-20)22-9-7-14-18-15(23-19-14)10-12(2)3/h12-13H,4-11H2,1-3H3,(H,17,21). The molecule has 1 saturated heterocycles. The van der Waals surface area contributed by atoms with Gasteiger partial charge in [0.15, 0.2) is 5.82 Å². The second kappa shape index (κ2) is 8.86. The molecule has 1 aliphatic heterocycles. The van der Waals surface area contributed by atoms with Crippen molar-refractivity contribution in [2.75, 3.05) is 26.2 Å². The van der Waals surface area contributed by atoms with Crippen molar-refractivity contribution in [2.24, 2.45) is 5.92 Å². The molecule has 0 saturated carbocycles. The lowest BCUT2D eigenvalue weighted by Crippen LogP contribution is -2.47. The number of piperidine rings is 1. The Morgan fingerprint density at radius 1 is 1.52 bits per heavy atom. The fourth-order valence-electron chi connectivity index (χ4n) is 2.66. The molecule has 1 N–H and O–H groups in total. The summed E-state index contributed by atoms with van der Waals surface area (Å²) >= 11 is 0. The molecule has 0 aliphatic carbocycles. The number of amides is 2. The molecule has 130 valence electrons. The number of ether oxygens (including phenoxy) is 1. The Bertz CT molecular complexity index is 489. The predicted molar refractivity (Wildman–Crippen MR) is 86.2 cm³/mol. The van der Waals surface area contributed by atoms with Gasteiger partial charge >= 0.3 is 6.03 Å². The van der Waals surface area contributed by atoms with Gasteiger partial charge in [0.25, 0.3) is 0 Å². The highest BCUT2D eigenvalue weighted by atomic mass is 16.5. The van der Waals surface area contributed by atoms with Crippen LogP contribution in [0.15, 0.2) is 4.52 Å². The molecular weight excluding hydrogens is 296 g/mol. The smallest absolute Gasteiger partial charge is 0.317 e. The van der Waals surface area contributed by atoms with Crippen molar-refractivity contribution >= 4 is 6.03 Å². The van der Waals surface area contributed by atoms with E-state index >= 15 is 0 Å². The van der Waals surface area contributed by atoms with Crippen LogP contribution in [0.1, 0.15) is 45.3 Å². The Morgan fingerprint density at radius 2 is 2.35 bits per heavy atom. The van der Waals surface area contributed by atoms with Crippen LogP contribution in [0.5, 0.6) is 0 Å². The van der Waals surface area contributed by atoms with E-state index in [0.29, 0.717) is 43.8 Å². The van der Waals surface area contributed by atoms with E-state index < -0.39 is 0 Å². The number of hydrogen-bond donors (Lipinski definition) is 1. The van der Waals surface area contributed by atoms with Crippen molar-refractivity contribution < 1.29 is 14.1 Å².